The summed E-state index contributed by atoms with van der Waals surface area (Å²) in [6.45, 7) is 0. The van der Waals surface area contributed by atoms with Crippen molar-refractivity contribution in [2.24, 2.45) is 0 Å². The third kappa shape index (κ3) is 2.69. The number of anilines is 2. The van der Waals surface area contributed by atoms with Gasteiger partial charge in [-0.25, -0.2) is 9.50 Å². The molecule has 0 radical (unpaired) electrons. The van der Waals surface area contributed by atoms with Gasteiger partial charge in [-0.05, 0) is 18.9 Å². The van der Waals surface area contributed by atoms with Gasteiger partial charge in [0.15, 0.2) is 5.82 Å². The number of aromatic amines is 1. The molecule has 5 N–H and O–H groups in total. The lowest BCUT2D eigenvalue weighted by molar-refractivity contribution is -0.0540. The zero-order valence-corrected chi connectivity index (χ0v) is 16.3. The molecular formula is C19H20N10O. The summed E-state index contributed by atoms with van der Waals surface area (Å²) in [5.41, 5.74) is 14.9. The maximum Gasteiger partial charge on any atom is 0.155 e. The molecule has 0 spiro atoms. The van der Waals surface area contributed by atoms with E-state index in [1.165, 1.54) is 0 Å². The predicted octanol–water partition coefficient (Wildman–Crippen LogP) is 1.57. The van der Waals surface area contributed by atoms with Gasteiger partial charge in [-0.2, -0.15) is 20.6 Å². The van der Waals surface area contributed by atoms with E-state index in [9.17, 15) is 5.26 Å². The minimum absolute atomic E-state index is 0.111. The van der Waals surface area contributed by atoms with Gasteiger partial charge in [-0.1, -0.05) is 0 Å². The van der Waals surface area contributed by atoms with E-state index in [1.54, 1.807) is 34.8 Å². The lowest BCUT2D eigenvalue weighted by Crippen LogP contribution is -2.50. The van der Waals surface area contributed by atoms with Crippen molar-refractivity contribution in [2.45, 2.75) is 30.9 Å². The quantitative estimate of drug-likeness (QED) is 0.451. The Morgan fingerprint density at radius 2 is 2.17 bits per heavy atom. The minimum atomic E-state index is -0.424. The molecule has 11 nitrogen and oxygen atoms in total. The van der Waals surface area contributed by atoms with Crippen LogP contribution in [0.15, 0.2) is 30.7 Å². The van der Waals surface area contributed by atoms with Crippen LogP contribution in [0.25, 0.3) is 28.2 Å². The first-order valence-electron chi connectivity index (χ1n) is 9.44. The lowest BCUT2D eigenvalue weighted by Gasteiger charge is -2.45. The molecule has 0 aromatic carbocycles. The van der Waals surface area contributed by atoms with E-state index in [4.69, 9.17) is 21.2 Å². The highest BCUT2D eigenvalue weighted by Crippen LogP contribution is 2.44. The first-order valence-corrected chi connectivity index (χ1v) is 9.44. The highest BCUT2D eigenvalue weighted by Gasteiger charge is 2.47. The van der Waals surface area contributed by atoms with Crippen molar-refractivity contribution in [1.29, 1.82) is 5.26 Å². The summed E-state index contributed by atoms with van der Waals surface area (Å²) >= 11 is 0. The average molecular weight is 404 g/mol. The monoisotopic (exact) mass is 404 g/mol. The number of nitrogens with one attached hydrogen (secondary N) is 1. The number of nitrogen functional groups attached to an aromatic ring is 2. The van der Waals surface area contributed by atoms with Crippen LogP contribution in [0.4, 0.5) is 11.6 Å². The second kappa shape index (κ2) is 6.57. The number of H-pyrrole nitrogens is 1. The second-order valence-electron chi connectivity index (χ2n) is 7.54. The van der Waals surface area contributed by atoms with Crippen LogP contribution >= 0.6 is 0 Å². The van der Waals surface area contributed by atoms with Gasteiger partial charge in [0.05, 0.1) is 47.6 Å². The Kier molecular flexibility index (Phi) is 3.97. The Hall–Kier alpha value is -3.91. The molecule has 0 amide bonds. The van der Waals surface area contributed by atoms with Crippen LogP contribution in [0.3, 0.4) is 0 Å². The highest BCUT2D eigenvalue weighted by atomic mass is 16.5. The second-order valence-corrected chi connectivity index (χ2v) is 7.54. The minimum Gasteiger partial charge on any atom is -0.384 e. The summed E-state index contributed by atoms with van der Waals surface area (Å²) in [5.74, 6) is 0.778. The van der Waals surface area contributed by atoms with E-state index in [2.05, 4.69) is 26.5 Å². The van der Waals surface area contributed by atoms with Crippen molar-refractivity contribution >= 4 is 17.2 Å². The molecule has 0 bridgehead atoms. The molecule has 4 heterocycles. The fourth-order valence-electron chi connectivity index (χ4n) is 4.04. The average Bonchev–Trinajstić information content (AvgIpc) is 3.43. The van der Waals surface area contributed by atoms with Gasteiger partial charge in [0, 0.05) is 19.4 Å². The summed E-state index contributed by atoms with van der Waals surface area (Å²) in [6, 6.07) is 5.83. The van der Waals surface area contributed by atoms with E-state index in [0.717, 1.165) is 5.52 Å². The first kappa shape index (κ1) is 18.1. The Morgan fingerprint density at radius 1 is 1.33 bits per heavy atom. The molecule has 1 fully saturated rings. The van der Waals surface area contributed by atoms with Crippen LogP contribution in [-0.4, -0.2) is 47.8 Å². The number of nitriles is 1. The molecule has 0 atom stereocenters. The number of hydrogen-bond acceptors (Lipinski definition) is 8. The molecule has 0 saturated heterocycles. The van der Waals surface area contributed by atoms with Crippen LogP contribution in [0.2, 0.25) is 0 Å². The number of methoxy groups -OCH3 is 1. The van der Waals surface area contributed by atoms with Crippen molar-refractivity contribution in [2.75, 3.05) is 18.6 Å². The zero-order valence-electron chi connectivity index (χ0n) is 16.3. The van der Waals surface area contributed by atoms with Gasteiger partial charge in [-0.15, -0.1) is 0 Å². The maximum atomic E-state index is 9.35. The highest BCUT2D eigenvalue weighted by molar-refractivity contribution is 5.83. The van der Waals surface area contributed by atoms with Gasteiger partial charge in [-0.3, -0.25) is 9.78 Å². The van der Waals surface area contributed by atoms with Crippen LogP contribution in [-0.2, 0) is 10.3 Å². The summed E-state index contributed by atoms with van der Waals surface area (Å²) in [5, 5.41) is 25.1. The number of nitrogens with two attached hydrogens (primary N) is 2. The third-order valence-electron chi connectivity index (χ3n) is 5.69. The number of ether oxygens (including phenoxy) is 1. The number of nitrogens with zero attached hydrogens (tertiary/aromatic N) is 7. The van der Waals surface area contributed by atoms with Crippen molar-refractivity contribution in [1.82, 2.24) is 34.6 Å². The maximum absolute atomic E-state index is 9.35. The van der Waals surface area contributed by atoms with Gasteiger partial charge in [0.25, 0.3) is 0 Å². The van der Waals surface area contributed by atoms with Gasteiger partial charge in [0.1, 0.15) is 22.9 Å². The normalized spacial score (nSPS) is 20.9. The van der Waals surface area contributed by atoms with Gasteiger partial charge < -0.3 is 16.2 Å². The van der Waals surface area contributed by atoms with Crippen molar-refractivity contribution < 1.29 is 4.74 Å². The molecule has 4 aromatic heterocycles. The molecule has 1 saturated carbocycles. The van der Waals surface area contributed by atoms with E-state index < -0.39 is 5.54 Å². The van der Waals surface area contributed by atoms with Crippen LogP contribution in [0.1, 0.15) is 19.3 Å². The fraction of sp³-hybridized carbons (Fsp3) is 0.316. The van der Waals surface area contributed by atoms with Gasteiger partial charge >= 0.3 is 0 Å². The topological polar surface area (TPSA) is 162 Å². The summed E-state index contributed by atoms with van der Waals surface area (Å²) in [7, 11) is 1.68. The molecule has 11 heteroatoms. The Balaban J connectivity index is 1.63. The molecule has 1 aliphatic carbocycles. The van der Waals surface area contributed by atoms with Crippen molar-refractivity contribution in [3.05, 3.63) is 30.7 Å². The van der Waals surface area contributed by atoms with Crippen LogP contribution < -0.4 is 11.5 Å². The number of fused-ring (bicyclic) bond motifs is 1. The molecule has 4 aromatic rings. The van der Waals surface area contributed by atoms with E-state index in [0.29, 0.717) is 53.5 Å². The molecule has 5 rings (SSSR count). The number of aromatic nitrogens is 7. The van der Waals surface area contributed by atoms with Crippen LogP contribution in [0, 0.1) is 11.3 Å². The molecule has 30 heavy (non-hydrogen) atoms. The third-order valence-corrected chi connectivity index (χ3v) is 5.69. The summed E-state index contributed by atoms with van der Waals surface area (Å²) in [6.07, 6.45) is 7.18. The van der Waals surface area contributed by atoms with Crippen LogP contribution in [0.5, 0.6) is 0 Å². The Labute approximate surface area is 171 Å². The van der Waals surface area contributed by atoms with E-state index in [-0.39, 0.29) is 6.10 Å². The first-order chi connectivity index (χ1) is 14.5. The molecule has 152 valence electrons. The zero-order chi connectivity index (χ0) is 20.9. The molecular weight excluding hydrogens is 384 g/mol. The summed E-state index contributed by atoms with van der Waals surface area (Å²) in [4.78, 5) is 4.78. The standard InChI is InChI=1S/C19H20N10O/c1-30-11-7-19(8-11,3-4-20)29-9-12(18(22)27-29)17-15-2-5-23-28(15)10-14(24-17)13-6-16(21)26-25-13/h2,5-6,9-11H,3,7-8H2,1H3,(H2,22,27)(H3,21,25,26)/t11-,19-. The largest absolute Gasteiger partial charge is 0.384 e. The number of hydrogen-bond donors (Lipinski definition) is 3. The molecule has 1 aliphatic rings. The van der Waals surface area contributed by atoms with Crippen molar-refractivity contribution in [3.8, 4) is 28.7 Å². The number of rotatable bonds is 5. The SMILES string of the molecule is CO[C@H]1C[C@](CC#N)(n2cc(-c3nc(-c4cc(N)[nH]n4)cn4nccc34)c(N)n2)C1. The van der Waals surface area contributed by atoms with E-state index >= 15 is 0 Å². The van der Waals surface area contributed by atoms with Crippen molar-refractivity contribution in [3.63, 3.8) is 0 Å². The predicted molar refractivity (Wildman–Crippen MR) is 109 cm³/mol. The smallest absolute Gasteiger partial charge is 0.155 e. The fourth-order valence-corrected chi connectivity index (χ4v) is 4.04. The lowest BCUT2D eigenvalue weighted by atomic mass is 9.72. The molecule has 0 aliphatic heterocycles. The van der Waals surface area contributed by atoms with E-state index in [1.807, 2.05) is 12.3 Å². The Morgan fingerprint density at radius 3 is 2.87 bits per heavy atom. The summed E-state index contributed by atoms with van der Waals surface area (Å²) < 4.78 is 8.93. The molecule has 0 unspecified atom stereocenters. The van der Waals surface area contributed by atoms with Gasteiger partial charge in [0.2, 0.25) is 0 Å². The Bertz CT molecular complexity index is 1270.